The molecule has 1 aromatic heterocycles. The van der Waals surface area contributed by atoms with Crippen LogP contribution in [0.5, 0.6) is 5.06 Å². The molecule has 0 spiro atoms. The molecule has 0 saturated heterocycles. The van der Waals surface area contributed by atoms with Crippen LogP contribution in [0, 0.1) is 6.92 Å². The summed E-state index contributed by atoms with van der Waals surface area (Å²) in [6.45, 7) is 1.98. The van der Waals surface area contributed by atoms with Crippen LogP contribution >= 0.6 is 11.3 Å². The zero-order chi connectivity index (χ0) is 10.7. The molecule has 1 aromatic carbocycles. The molecular formula is C12H10O2S. The van der Waals surface area contributed by atoms with E-state index >= 15 is 0 Å². The molecule has 0 unspecified atom stereocenters. The van der Waals surface area contributed by atoms with Crippen LogP contribution in [0.3, 0.4) is 0 Å². The largest absolute Gasteiger partial charge is 0.412 e. The van der Waals surface area contributed by atoms with Gasteiger partial charge in [-0.1, -0.05) is 18.2 Å². The van der Waals surface area contributed by atoms with E-state index in [1.165, 1.54) is 11.3 Å². The molecule has 3 heteroatoms. The molecule has 0 atom stereocenters. The first-order valence-electron chi connectivity index (χ1n) is 4.59. The molecule has 1 heterocycles. The normalized spacial score (nSPS) is 9.93. The Bertz CT molecular complexity index is 459. The second kappa shape index (κ2) is 4.28. The molecule has 0 fully saturated rings. The van der Waals surface area contributed by atoms with Crippen LogP contribution < -0.4 is 4.74 Å². The molecule has 0 aliphatic carbocycles. The number of hydrogen-bond acceptors (Lipinski definition) is 3. The summed E-state index contributed by atoms with van der Waals surface area (Å²) in [4.78, 5) is 12.7. The molecule has 2 aromatic rings. The average Bonchev–Trinajstić information content (AvgIpc) is 2.65. The molecule has 2 rings (SSSR count). The Morgan fingerprint density at radius 3 is 2.47 bits per heavy atom. The van der Waals surface area contributed by atoms with Gasteiger partial charge in [0.05, 0.1) is 5.56 Å². The van der Waals surface area contributed by atoms with Crippen LogP contribution in [0.1, 0.15) is 15.2 Å². The first kappa shape index (κ1) is 9.93. The van der Waals surface area contributed by atoms with Crippen LogP contribution in [0.4, 0.5) is 0 Å². The number of benzene rings is 1. The summed E-state index contributed by atoms with van der Waals surface area (Å²) in [7, 11) is 0. The monoisotopic (exact) mass is 218 g/mol. The molecule has 0 N–H and O–H groups in total. The lowest BCUT2D eigenvalue weighted by Gasteiger charge is -2.00. The Balaban J connectivity index is 2.11. The number of esters is 1. The van der Waals surface area contributed by atoms with Crippen molar-refractivity contribution in [2.75, 3.05) is 0 Å². The zero-order valence-electron chi connectivity index (χ0n) is 8.27. The van der Waals surface area contributed by atoms with Gasteiger partial charge >= 0.3 is 5.97 Å². The highest BCUT2D eigenvalue weighted by Crippen LogP contribution is 2.24. The van der Waals surface area contributed by atoms with Gasteiger partial charge in [0, 0.05) is 4.88 Å². The van der Waals surface area contributed by atoms with Crippen molar-refractivity contribution in [3.05, 3.63) is 52.9 Å². The van der Waals surface area contributed by atoms with E-state index < -0.39 is 0 Å². The van der Waals surface area contributed by atoms with Gasteiger partial charge in [0.25, 0.3) is 0 Å². The summed E-state index contributed by atoms with van der Waals surface area (Å²) >= 11 is 1.47. The van der Waals surface area contributed by atoms with Gasteiger partial charge in [-0.2, -0.15) is 0 Å². The number of hydrogen-bond donors (Lipinski definition) is 0. The minimum absolute atomic E-state index is 0.308. The highest BCUT2D eigenvalue weighted by Gasteiger charge is 2.08. The van der Waals surface area contributed by atoms with Crippen LogP contribution in [-0.4, -0.2) is 5.97 Å². The summed E-state index contributed by atoms with van der Waals surface area (Å²) < 4.78 is 5.20. The maximum Gasteiger partial charge on any atom is 0.344 e. The van der Waals surface area contributed by atoms with E-state index in [0.717, 1.165) is 4.88 Å². The number of carbonyl (C=O) groups is 1. The van der Waals surface area contributed by atoms with E-state index in [1.807, 2.05) is 31.2 Å². The summed E-state index contributed by atoms with van der Waals surface area (Å²) in [5, 5.41) is 0.640. The van der Waals surface area contributed by atoms with Crippen LogP contribution in [-0.2, 0) is 0 Å². The second-order valence-electron chi connectivity index (χ2n) is 3.12. The van der Waals surface area contributed by atoms with Crippen molar-refractivity contribution in [1.29, 1.82) is 0 Å². The SMILES string of the molecule is Cc1ccc(OC(=O)c2ccccc2)s1. The number of rotatable bonds is 2. The van der Waals surface area contributed by atoms with Crippen molar-refractivity contribution >= 4 is 17.3 Å². The molecule has 0 saturated carbocycles. The molecule has 0 amide bonds. The summed E-state index contributed by atoms with van der Waals surface area (Å²) in [6, 6.07) is 12.7. The summed E-state index contributed by atoms with van der Waals surface area (Å²) in [5.74, 6) is -0.308. The van der Waals surface area contributed by atoms with Gasteiger partial charge in [0.15, 0.2) is 5.06 Å². The number of thiophene rings is 1. The van der Waals surface area contributed by atoms with Gasteiger partial charge in [0.2, 0.25) is 0 Å². The quantitative estimate of drug-likeness (QED) is 0.723. The Labute approximate surface area is 92.1 Å². The third-order valence-electron chi connectivity index (χ3n) is 1.92. The third-order valence-corrected chi connectivity index (χ3v) is 2.80. The molecule has 0 bridgehead atoms. The Morgan fingerprint density at radius 2 is 1.87 bits per heavy atom. The van der Waals surface area contributed by atoms with E-state index in [9.17, 15) is 4.79 Å². The number of carbonyl (C=O) groups excluding carboxylic acids is 1. The lowest BCUT2D eigenvalue weighted by atomic mass is 10.2. The van der Waals surface area contributed by atoms with E-state index in [1.54, 1.807) is 18.2 Å². The Hall–Kier alpha value is -1.61. The molecule has 15 heavy (non-hydrogen) atoms. The average molecular weight is 218 g/mol. The van der Waals surface area contributed by atoms with E-state index in [-0.39, 0.29) is 5.97 Å². The van der Waals surface area contributed by atoms with Gasteiger partial charge in [-0.05, 0) is 31.2 Å². The molecule has 0 radical (unpaired) electrons. The predicted octanol–water partition coefficient (Wildman–Crippen LogP) is 3.28. The highest BCUT2D eigenvalue weighted by atomic mass is 32.1. The number of ether oxygens (including phenoxy) is 1. The first-order chi connectivity index (χ1) is 7.25. The minimum atomic E-state index is -0.308. The molecule has 0 aliphatic heterocycles. The molecular weight excluding hydrogens is 208 g/mol. The van der Waals surface area contributed by atoms with E-state index in [0.29, 0.717) is 10.6 Å². The fourth-order valence-electron chi connectivity index (χ4n) is 1.19. The van der Waals surface area contributed by atoms with E-state index in [4.69, 9.17) is 4.74 Å². The smallest absolute Gasteiger partial charge is 0.344 e. The molecule has 76 valence electrons. The van der Waals surface area contributed by atoms with Crippen LogP contribution in [0.2, 0.25) is 0 Å². The number of aryl methyl sites for hydroxylation is 1. The fraction of sp³-hybridized carbons (Fsp3) is 0.0833. The Morgan fingerprint density at radius 1 is 1.13 bits per heavy atom. The van der Waals surface area contributed by atoms with Crippen LogP contribution in [0.15, 0.2) is 42.5 Å². The van der Waals surface area contributed by atoms with Crippen LogP contribution in [0.25, 0.3) is 0 Å². The highest BCUT2D eigenvalue weighted by molar-refractivity contribution is 7.13. The van der Waals surface area contributed by atoms with Gasteiger partial charge in [0.1, 0.15) is 0 Å². The van der Waals surface area contributed by atoms with Gasteiger partial charge in [-0.15, -0.1) is 11.3 Å². The van der Waals surface area contributed by atoms with Crippen molar-refractivity contribution in [3.8, 4) is 5.06 Å². The van der Waals surface area contributed by atoms with Crippen molar-refractivity contribution in [2.24, 2.45) is 0 Å². The zero-order valence-corrected chi connectivity index (χ0v) is 9.08. The minimum Gasteiger partial charge on any atom is -0.412 e. The van der Waals surface area contributed by atoms with E-state index in [2.05, 4.69) is 0 Å². The first-order valence-corrected chi connectivity index (χ1v) is 5.41. The maximum atomic E-state index is 11.6. The lowest BCUT2D eigenvalue weighted by Crippen LogP contribution is -2.06. The van der Waals surface area contributed by atoms with Crippen molar-refractivity contribution in [2.45, 2.75) is 6.92 Å². The van der Waals surface area contributed by atoms with Crippen molar-refractivity contribution in [1.82, 2.24) is 0 Å². The lowest BCUT2D eigenvalue weighted by molar-refractivity contribution is 0.0740. The molecule has 0 aliphatic rings. The van der Waals surface area contributed by atoms with Gasteiger partial charge in [-0.3, -0.25) is 0 Å². The summed E-state index contributed by atoms with van der Waals surface area (Å²) in [5.41, 5.74) is 0.573. The van der Waals surface area contributed by atoms with Crippen molar-refractivity contribution < 1.29 is 9.53 Å². The fourth-order valence-corrected chi connectivity index (χ4v) is 1.90. The Kier molecular flexibility index (Phi) is 2.83. The standard InChI is InChI=1S/C12H10O2S/c1-9-7-8-11(15-9)14-12(13)10-5-3-2-4-6-10/h2-8H,1H3. The topological polar surface area (TPSA) is 26.3 Å². The van der Waals surface area contributed by atoms with Gasteiger partial charge in [-0.25, -0.2) is 4.79 Å². The third kappa shape index (κ3) is 2.44. The summed E-state index contributed by atoms with van der Waals surface area (Å²) in [6.07, 6.45) is 0. The maximum absolute atomic E-state index is 11.6. The van der Waals surface area contributed by atoms with Crippen molar-refractivity contribution in [3.63, 3.8) is 0 Å². The predicted molar refractivity (Wildman–Crippen MR) is 60.5 cm³/mol. The van der Waals surface area contributed by atoms with Gasteiger partial charge < -0.3 is 4.74 Å². The second-order valence-corrected chi connectivity index (χ2v) is 4.37. The molecule has 2 nitrogen and oxygen atoms in total.